The molecule has 0 aliphatic carbocycles. The number of Topliss-reactive ketones (excluding diaryl/α,β-unsaturated/α-hetero) is 1. The third-order valence-corrected chi connectivity index (χ3v) is 2.61. The van der Waals surface area contributed by atoms with Crippen molar-refractivity contribution in [3.05, 3.63) is 46.0 Å². The molecule has 0 aliphatic rings. The molecule has 0 spiro atoms. The fourth-order valence-corrected chi connectivity index (χ4v) is 1.89. The summed E-state index contributed by atoms with van der Waals surface area (Å²) in [6, 6.07) is 9.18. The van der Waals surface area contributed by atoms with Gasteiger partial charge in [0.15, 0.2) is 0 Å². The van der Waals surface area contributed by atoms with Crippen LogP contribution in [0.1, 0.15) is 17.9 Å². The van der Waals surface area contributed by atoms with Crippen LogP contribution < -0.4 is 0 Å². The van der Waals surface area contributed by atoms with E-state index in [1.807, 2.05) is 44.4 Å². The van der Waals surface area contributed by atoms with Crippen molar-refractivity contribution in [3.63, 3.8) is 0 Å². The van der Waals surface area contributed by atoms with Gasteiger partial charge in [0.1, 0.15) is 5.78 Å². The molecule has 0 saturated carbocycles. The lowest BCUT2D eigenvalue weighted by Crippen LogP contribution is -2.25. The lowest BCUT2D eigenvalue weighted by molar-refractivity contribution is -0.483. The average molecular weight is 250 g/mol. The zero-order valence-electron chi connectivity index (χ0n) is 10.7. The van der Waals surface area contributed by atoms with Crippen molar-refractivity contribution in [1.82, 2.24) is 4.90 Å². The summed E-state index contributed by atoms with van der Waals surface area (Å²) in [5.74, 6) is -0.315. The Morgan fingerprint density at radius 3 is 2.44 bits per heavy atom. The Bertz CT molecular complexity index is 404. The van der Waals surface area contributed by atoms with Gasteiger partial charge in [-0.05, 0) is 19.7 Å². The van der Waals surface area contributed by atoms with Crippen molar-refractivity contribution >= 4 is 5.78 Å². The summed E-state index contributed by atoms with van der Waals surface area (Å²) < 4.78 is 0. The summed E-state index contributed by atoms with van der Waals surface area (Å²) in [6.45, 7) is 0.115. The summed E-state index contributed by atoms with van der Waals surface area (Å²) in [5, 5.41) is 10.7. The van der Waals surface area contributed by atoms with Gasteiger partial charge in [0, 0.05) is 11.3 Å². The molecule has 0 radical (unpaired) electrons. The van der Waals surface area contributed by atoms with Crippen LogP contribution in [0.2, 0.25) is 0 Å². The third kappa shape index (κ3) is 5.05. The van der Waals surface area contributed by atoms with Crippen molar-refractivity contribution < 1.29 is 9.72 Å². The second-order valence-electron chi connectivity index (χ2n) is 4.60. The van der Waals surface area contributed by atoms with E-state index in [0.29, 0.717) is 6.54 Å². The highest BCUT2D eigenvalue weighted by atomic mass is 16.6. The van der Waals surface area contributed by atoms with E-state index in [9.17, 15) is 14.9 Å². The SMILES string of the molecule is CN(C)CC(=O)C[C@@H](C[N+](=O)[O-])c1ccccc1. The van der Waals surface area contributed by atoms with E-state index < -0.39 is 0 Å². The molecule has 0 fully saturated rings. The van der Waals surface area contributed by atoms with Gasteiger partial charge in [0.05, 0.1) is 12.5 Å². The first kappa shape index (κ1) is 14.3. The van der Waals surface area contributed by atoms with Gasteiger partial charge in [-0.15, -0.1) is 0 Å². The van der Waals surface area contributed by atoms with Gasteiger partial charge in [-0.1, -0.05) is 30.3 Å². The summed E-state index contributed by atoms with van der Waals surface area (Å²) in [7, 11) is 3.62. The van der Waals surface area contributed by atoms with Crippen molar-refractivity contribution in [1.29, 1.82) is 0 Å². The van der Waals surface area contributed by atoms with Crippen molar-refractivity contribution in [2.45, 2.75) is 12.3 Å². The molecule has 0 amide bonds. The van der Waals surface area contributed by atoms with Gasteiger partial charge in [0.25, 0.3) is 0 Å². The summed E-state index contributed by atoms with van der Waals surface area (Å²) in [6.07, 6.45) is 0.211. The van der Waals surface area contributed by atoms with Crippen LogP contribution in [0.5, 0.6) is 0 Å². The molecular weight excluding hydrogens is 232 g/mol. The van der Waals surface area contributed by atoms with Crippen LogP contribution >= 0.6 is 0 Å². The largest absolute Gasteiger partial charge is 0.302 e. The lowest BCUT2D eigenvalue weighted by Gasteiger charge is -2.14. The predicted octanol–water partition coefficient (Wildman–Crippen LogP) is 1.57. The maximum atomic E-state index is 11.8. The third-order valence-electron chi connectivity index (χ3n) is 2.61. The van der Waals surface area contributed by atoms with E-state index in [2.05, 4.69) is 0 Å². The van der Waals surface area contributed by atoms with E-state index >= 15 is 0 Å². The average Bonchev–Trinajstić information content (AvgIpc) is 2.27. The number of carbonyl (C=O) groups excluding carboxylic acids is 1. The van der Waals surface area contributed by atoms with Crippen LogP contribution in [-0.2, 0) is 4.79 Å². The Kier molecular flexibility index (Phi) is 5.45. The Morgan fingerprint density at radius 2 is 1.94 bits per heavy atom. The molecule has 0 saturated heterocycles. The molecule has 0 N–H and O–H groups in total. The molecule has 0 aliphatic heterocycles. The van der Waals surface area contributed by atoms with Crippen LogP contribution in [0.4, 0.5) is 0 Å². The molecule has 0 bridgehead atoms. The molecule has 1 aromatic carbocycles. The first-order valence-electron chi connectivity index (χ1n) is 5.82. The first-order valence-corrected chi connectivity index (χ1v) is 5.82. The van der Waals surface area contributed by atoms with E-state index in [0.717, 1.165) is 5.56 Å². The van der Waals surface area contributed by atoms with Crippen LogP contribution in [-0.4, -0.2) is 42.8 Å². The Morgan fingerprint density at radius 1 is 1.33 bits per heavy atom. The fourth-order valence-electron chi connectivity index (χ4n) is 1.89. The minimum atomic E-state index is -0.361. The van der Waals surface area contributed by atoms with E-state index in [4.69, 9.17) is 0 Å². The topological polar surface area (TPSA) is 63.5 Å². The highest BCUT2D eigenvalue weighted by molar-refractivity contribution is 5.81. The van der Waals surface area contributed by atoms with Crippen molar-refractivity contribution in [2.24, 2.45) is 0 Å². The molecule has 5 nitrogen and oxygen atoms in total. The molecular formula is C13H18N2O3. The summed E-state index contributed by atoms with van der Waals surface area (Å²) in [5.41, 5.74) is 0.848. The second-order valence-corrected chi connectivity index (χ2v) is 4.60. The monoisotopic (exact) mass is 250 g/mol. The first-order chi connectivity index (χ1) is 8.49. The van der Waals surface area contributed by atoms with Gasteiger partial charge >= 0.3 is 0 Å². The second kappa shape index (κ2) is 6.86. The number of benzene rings is 1. The van der Waals surface area contributed by atoms with Crippen LogP contribution in [0, 0.1) is 10.1 Å². The molecule has 98 valence electrons. The van der Waals surface area contributed by atoms with Crippen LogP contribution in [0.15, 0.2) is 30.3 Å². The number of hydrogen-bond acceptors (Lipinski definition) is 4. The quantitative estimate of drug-likeness (QED) is 0.544. The molecule has 1 aromatic rings. The Balaban J connectivity index is 2.73. The predicted molar refractivity (Wildman–Crippen MR) is 69.2 cm³/mol. The van der Waals surface area contributed by atoms with E-state index in [1.54, 1.807) is 4.90 Å². The van der Waals surface area contributed by atoms with Gasteiger partial charge in [-0.3, -0.25) is 14.9 Å². The van der Waals surface area contributed by atoms with Crippen LogP contribution in [0.3, 0.4) is 0 Å². The molecule has 1 atom stereocenters. The molecule has 1 rings (SSSR count). The number of carbonyl (C=O) groups is 1. The zero-order valence-corrected chi connectivity index (χ0v) is 10.7. The zero-order chi connectivity index (χ0) is 13.5. The molecule has 0 aromatic heterocycles. The standard InChI is InChI=1S/C13H18N2O3/c1-14(2)10-13(16)8-12(9-15(17)18)11-6-4-3-5-7-11/h3-7,12H,8-10H2,1-2H3/t12-/m0/s1. The number of hydrogen-bond donors (Lipinski definition) is 0. The van der Waals surface area contributed by atoms with Crippen molar-refractivity contribution in [3.8, 4) is 0 Å². The number of rotatable bonds is 7. The molecule has 0 heterocycles. The van der Waals surface area contributed by atoms with Gasteiger partial charge in [-0.25, -0.2) is 0 Å². The molecule has 0 unspecified atom stereocenters. The molecule has 5 heteroatoms. The van der Waals surface area contributed by atoms with Gasteiger partial charge in [-0.2, -0.15) is 0 Å². The number of nitrogens with zero attached hydrogens (tertiary/aromatic N) is 2. The highest BCUT2D eigenvalue weighted by Gasteiger charge is 2.21. The Hall–Kier alpha value is -1.75. The summed E-state index contributed by atoms with van der Waals surface area (Å²) in [4.78, 5) is 23.8. The minimum Gasteiger partial charge on any atom is -0.302 e. The number of ketones is 1. The fraction of sp³-hybridized carbons (Fsp3) is 0.462. The number of nitro groups is 1. The number of likely N-dealkylation sites (N-methyl/N-ethyl adjacent to an activating group) is 1. The molecule has 18 heavy (non-hydrogen) atoms. The highest BCUT2D eigenvalue weighted by Crippen LogP contribution is 2.20. The minimum absolute atomic E-state index is 0.0238. The maximum Gasteiger partial charge on any atom is 0.211 e. The smallest absolute Gasteiger partial charge is 0.211 e. The van der Waals surface area contributed by atoms with E-state index in [1.165, 1.54) is 0 Å². The lowest BCUT2D eigenvalue weighted by atomic mass is 9.93. The van der Waals surface area contributed by atoms with Gasteiger partial charge < -0.3 is 4.90 Å². The maximum absolute atomic E-state index is 11.8. The van der Waals surface area contributed by atoms with Crippen LogP contribution in [0.25, 0.3) is 0 Å². The normalized spacial score (nSPS) is 12.4. The van der Waals surface area contributed by atoms with Crippen molar-refractivity contribution in [2.75, 3.05) is 27.2 Å². The van der Waals surface area contributed by atoms with Gasteiger partial charge in [0.2, 0.25) is 6.54 Å². The Labute approximate surface area is 107 Å². The van der Waals surface area contributed by atoms with E-state index in [-0.39, 0.29) is 29.6 Å². The summed E-state index contributed by atoms with van der Waals surface area (Å²) >= 11 is 0.